The van der Waals surface area contributed by atoms with Gasteiger partial charge in [0.15, 0.2) is 0 Å². The number of hydrogen-bond donors (Lipinski definition) is 0. The molecule has 2 nitrogen and oxygen atoms in total. The van der Waals surface area contributed by atoms with Gasteiger partial charge in [0.25, 0.3) is 0 Å². The number of nitrogens with zero attached hydrogens (tertiary/aromatic N) is 2. The Hall–Kier alpha value is -0.493. The summed E-state index contributed by atoms with van der Waals surface area (Å²) in [6.07, 6.45) is 24.4. The van der Waals surface area contributed by atoms with Crippen molar-refractivity contribution in [3.05, 3.63) is 98.2 Å². The molecule has 0 aromatic carbocycles. The van der Waals surface area contributed by atoms with Crippen molar-refractivity contribution in [2.24, 2.45) is 0 Å². The van der Waals surface area contributed by atoms with E-state index in [1.54, 1.807) is 0 Å². The van der Waals surface area contributed by atoms with E-state index in [1.807, 2.05) is 24.3 Å². The Balaban J connectivity index is -0.000000186. The molecule has 0 atom stereocenters. The molecule has 0 aromatic heterocycles. The summed E-state index contributed by atoms with van der Waals surface area (Å²) in [5, 5.41) is 0. The molecule has 0 saturated carbocycles. The van der Waals surface area contributed by atoms with Crippen molar-refractivity contribution >= 4 is 9.84 Å². The fraction of sp³-hybridized carbons (Fsp3) is 0.333. The normalized spacial score (nSPS) is 12.5. The first-order valence-corrected chi connectivity index (χ1v) is 10.3. The van der Waals surface area contributed by atoms with Gasteiger partial charge in [-0.25, -0.2) is 23.3 Å². The summed E-state index contributed by atoms with van der Waals surface area (Å²) in [4.78, 5) is 0. The zero-order valence-corrected chi connectivity index (χ0v) is 24.7. The monoisotopic (exact) mass is 629 g/mol. The maximum Gasteiger partial charge on any atom is 4.00 e. The van der Waals surface area contributed by atoms with E-state index in [9.17, 15) is 0 Å². The molecule has 6 heteroatoms. The molecule has 30 heavy (non-hydrogen) atoms. The summed E-state index contributed by atoms with van der Waals surface area (Å²) in [5.41, 5.74) is 2.55. The van der Waals surface area contributed by atoms with Gasteiger partial charge in [-0.15, -0.1) is 39.2 Å². The van der Waals surface area contributed by atoms with E-state index in [-0.39, 0.29) is 60.5 Å². The van der Waals surface area contributed by atoms with Crippen molar-refractivity contribution in [1.82, 2.24) is 9.13 Å². The smallest absolute Gasteiger partial charge is 1.00 e. The maximum absolute atomic E-state index is 3.76. The topological polar surface area (TPSA) is 6.48 Å². The van der Waals surface area contributed by atoms with Gasteiger partial charge in [0.05, 0.1) is 0 Å². The standard InChI is InChI=1S/C12H21N2Si.2C6H7.2ClH.Hf/c1-5-9-13(10-6-2)15-14(11-7-3)12-8-4;2*1-6-4-2-3-5-6;;;/h5-8,15H,1-4,9-12H2;2*2,4H,3H2,1H3;2*1H;/q;2*-1;;;+4/p-2. The summed E-state index contributed by atoms with van der Waals surface area (Å²) in [6, 6.07) is 0. The Morgan fingerprint density at radius 2 is 1.07 bits per heavy atom. The van der Waals surface area contributed by atoms with Gasteiger partial charge in [0.2, 0.25) is 9.84 Å². The largest absolute Gasteiger partial charge is 4.00 e. The van der Waals surface area contributed by atoms with Crippen LogP contribution in [0.3, 0.4) is 0 Å². The first-order chi connectivity index (χ1) is 13.1. The van der Waals surface area contributed by atoms with Crippen LogP contribution in [0.4, 0.5) is 0 Å². The van der Waals surface area contributed by atoms with E-state index < -0.39 is 0 Å². The van der Waals surface area contributed by atoms with Crippen LogP contribution in [0.15, 0.2) is 86.1 Å². The third-order valence-corrected chi connectivity index (χ3v) is 5.01. The molecule has 2 aliphatic carbocycles. The third kappa shape index (κ3) is 22.2. The van der Waals surface area contributed by atoms with Crippen molar-refractivity contribution in [3.63, 3.8) is 0 Å². The minimum Gasteiger partial charge on any atom is -1.00 e. The Morgan fingerprint density at radius 1 is 0.767 bits per heavy atom. The average molecular weight is 629 g/mol. The molecule has 0 fully saturated rings. The summed E-state index contributed by atoms with van der Waals surface area (Å²) < 4.78 is 4.68. The van der Waals surface area contributed by atoms with Crippen LogP contribution >= 0.6 is 0 Å². The van der Waals surface area contributed by atoms with E-state index in [4.69, 9.17) is 0 Å². The van der Waals surface area contributed by atoms with E-state index >= 15 is 0 Å². The molecule has 163 valence electrons. The van der Waals surface area contributed by atoms with Gasteiger partial charge in [-0.05, 0) is 0 Å². The van der Waals surface area contributed by atoms with Crippen LogP contribution in [0.2, 0.25) is 0 Å². The van der Waals surface area contributed by atoms with Gasteiger partial charge in [0, 0.05) is 26.2 Å². The van der Waals surface area contributed by atoms with Gasteiger partial charge in [-0.1, -0.05) is 38.2 Å². The van der Waals surface area contributed by atoms with Crippen LogP contribution in [-0.2, 0) is 25.8 Å². The second-order valence-corrected chi connectivity index (χ2v) is 7.80. The molecule has 2 rings (SSSR count). The quantitative estimate of drug-likeness (QED) is 0.174. The van der Waals surface area contributed by atoms with Gasteiger partial charge in [0.1, 0.15) is 0 Å². The molecule has 0 N–H and O–H groups in total. The van der Waals surface area contributed by atoms with Gasteiger partial charge in [-0.2, -0.15) is 12.2 Å². The predicted octanol–water partition coefficient (Wildman–Crippen LogP) is -1.00. The first kappa shape index (κ1) is 36.9. The van der Waals surface area contributed by atoms with Crippen molar-refractivity contribution < 1.29 is 50.7 Å². The molecule has 0 spiro atoms. The molecule has 1 radical (unpaired) electrons. The van der Waals surface area contributed by atoms with Gasteiger partial charge >= 0.3 is 25.8 Å². The number of halogens is 2. The van der Waals surface area contributed by atoms with Crippen LogP contribution in [0, 0.1) is 12.2 Å². The molecule has 0 aliphatic heterocycles. The zero-order chi connectivity index (χ0) is 20.3. The van der Waals surface area contributed by atoms with E-state index in [1.165, 1.54) is 11.1 Å². The molecule has 2 aliphatic rings. The SMILES string of the molecule is C=CCN(CC=C)[SiH]N(CC=C)CC=C.CC1=[C-]CC=C1.CC1=[C-]CC=C1.[Cl-].[Cl-].[Hf+4]. The fourth-order valence-electron chi connectivity index (χ4n) is 2.26. The zero-order valence-electron chi connectivity index (χ0n) is 18.4. The number of allylic oxidation sites excluding steroid dienone is 8. The Kier molecular flexibility index (Phi) is 32.6. The van der Waals surface area contributed by atoms with Crippen molar-refractivity contribution in [2.75, 3.05) is 26.2 Å². The molecule has 0 saturated heterocycles. The minimum absolute atomic E-state index is 0. The summed E-state index contributed by atoms with van der Waals surface area (Å²) in [6.45, 7) is 22.8. The van der Waals surface area contributed by atoms with Crippen molar-refractivity contribution in [1.29, 1.82) is 0 Å². The molecule has 0 heterocycles. The van der Waals surface area contributed by atoms with Crippen molar-refractivity contribution in [3.8, 4) is 0 Å². The van der Waals surface area contributed by atoms with Gasteiger partial charge in [-0.3, -0.25) is 12.2 Å². The van der Waals surface area contributed by atoms with Crippen molar-refractivity contribution in [2.45, 2.75) is 26.7 Å². The maximum atomic E-state index is 3.76. The Morgan fingerprint density at radius 3 is 1.20 bits per heavy atom. The number of hydrogen-bond acceptors (Lipinski definition) is 2. The Labute approximate surface area is 219 Å². The van der Waals surface area contributed by atoms with E-state index in [2.05, 4.69) is 85.8 Å². The van der Waals surface area contributed by atoms with Crippen LogP contribution in [0.5, 0.6) is 0 Å². The van der Waals surface area contributed by atoms with E-state index in [0.717, 1.165) is 39.0 Å². The average Bonchev–Trinajstić information content (AvgIpc) is 3.30. The summed E-state index contributed by atoms with van der Waals surface area (Å²) in [5.74, 6) is 0. The molecular weight excluding hydrogens is 594 g/mol. The summed E-state index contributed by atoms with van der Waals surface area (Å²) in [7, 11) is 0.100. The predicted molar refractivity (Wildman–Crippen MR) is 123 cm³/mol. The first-order valence-electron chi connectivity index (χ1n) is 9.31. The van der Waals surface area contributed by atoms with E-state index in [0.29, 0.717) is 0 Å². The minimum atomic E-state index is 0. The number of rotatable bonds is 10. The van der Waals surface area contributed by atoms with Gasteiger partial charge < -0.3 is 33.9 Å². The second kappa shape index (κ2) is 26.5. The molecular formula is C24H35Cl2HfN2Si. The molecule has 0 unspecified atom stereocenters. The van der Waals surface area contributed by atoms with Crippen LogP contribution in [-0.4, -0.2) is 45.2 Å². The fourth-order valence-corrected chi connectivity index (χ4v) is 3.70. The third-order valence-electron chi connectivity index (χ3n) is 3.51. The molecule has 0 aromatic rings. The second-order valence-electron chi connectivity index (χ2n) is 6.11. The van der Waals surface area contributed by atoms with Crippen LogP contribution in [0.25, 0.3) is 0 Å². The summed E-state index contributed by atoms with van der Waals surface area (Å²) >= 11 is 0. The molecule has 0 amide bonds. The van der Waals surface area contributed by atoms with Crippen LogP contribution in [0.1, 0.15) is 26.7 Å². The van der Waals surface area contributed by atoms with Crippen LogP contribution < -0.4 is 24.8 Å². The molecule has 0 bridgehead atoms. The Bertz CT molecular complexity index is 508.